The highest BCUT2D eigenvalue weighted by molar-refractivity contribution is 9.10. The maximum absolute atomic E-state index is 11.4. The van der Waals surface area contributed by atoms with Crippen molar-refractivity contribution in [2.75, 3.05) is 13.1 Å². The van der Waals surface area contributed by atoms with Crippen molar-refractivity contribution in [2.45, 2.75) is 19.9 Å². The molecule has 0 aliphatic carbocycles. The first-order chi connectivity index (χ1) is 7.72. The van der Waals surface area contributed by atoms with Crippen LogP contribution in [0.25, 0.3) is 0 Å². The molecule has 0 spiro atoms. The normalized spacial score (nSPS) is 10.1. The van der Waals surface area contributed by atoms with E-state index in [4.69, 9.17) is 0 Å². The number of carbonyl (C=O) groups is 1. The number of benzene rings is 1. The molecular weight excluding hydrogens is 268 g/mol. The molecule has 0 aromatic heterocycles. The lowest BCUT2D eigenvalue weighted by Gasteiger charge is -2.06. The predicted molar refractivity (Wildman–Crippen MR) is 69.1 cm³/mol. The summed E-state index contributed by atoms with van der Waals surface area (Å²) < 4.78 is 1.03. The number of hydrogen-bond donors (Lipinski definition) is 2. The molecule has 1 aromatic carbocycles. The quantitative estimate of drug-likeness (QED) is 0.786. The summed E-state index contributed by atoms with van der Waals surface area (Å²) in [6.45, 7) is 4.25. The summed E-state index contributed by atoms with van der Waals surface area (Å²) >= 11 is 3.40. The maximum Gasteiger partial charge on any atom is 0.221 e. The van der Waals surface area contributed by atoms with E-state index in [0.717, 1.165) is 23.1 Å². The first kappa shape index (κ1) is 13.2. The number of rotatable bonds is 6. The van der Waals surface area contributed by atoms with Crippen LogP contribution in [0, 0.1) is 0 Å². The fourth-order valence-electron chi connectivity index (χ4n) is 1.31. The number of nitrogens with one attached hydrogen (secondary N) is 2. The zero-order chi connectivity index (χ0) is 11.8. The molecule has 4 heteroatoms. The topological polar surface area (TPSA) is 41.1 Å². The van der Waals surface area contributed by atoms with Crippen molar-refractivity contribution >= 4 is 21.8 Å². The van der Waals surface area contributed by atoms with Crippen molar-refractivity contribution in [2.24, 2.45) is 0 Å². The van der Waals surface area contributed by atoms with Crippen molar-refractivity contribution < 1.29 is 4.79 Å². The number of halogens is 1. The Balaban J connectivity index is 2.26. The van der Waals surface area contributed by atoms with Gasteiger partial charge >= 0.3 is 0 Å². The minimum Gasteiger partial charge on any atom is -0.352 e. The summed E-state index contributed by atoms with van der Waals surface area (Å²) in [5.41, 5.74) is 1.10. The van der Waals surface area contributed by atoms with Crippen LogP contribution >= 0.6 is 15.9 Å². The Morgan fingerprint density at radius 1 is 1.44 bits per heavy atom. The van der Waals surface area contributed by atoms with Crippen LogP contribution in [0.15, 0.2) is 28.7 Å². The van der Waals surface area contributed by atoms with E-state index < -0.39 is 0 Å². The van der Waals surface area contributed by atoms with E-state index in [1.54, 1.807) is 0 Å². The highest BCUT2D eigenvalue weighted by Gasteiger charge is 2.00. The van der Waals surface area contributed by atoms with Crippen molar-refractivity contribution in [3.8, 4) is 0 Å². The van der Waals surface area contributed by atoms with Crippen LogP contribution in [0.2, 0.25) is 0 Å². The van der Waals surface area contributed by atoms with Gasteiger partial charge in [0.05, 0.1) is 0 Å². The van der Waals surface area contributed by atoms with Crippen molar-refractivity contribution in [1.29, 1.82) is 0 Å². The third-order valence-corrected chi connectivity index (χ3v) is 2.65. The lowest BCUT2D eigenvalue weighted by Crippen LogP contribution is -2.27. The molecular formula is C12H17BrN2O. The second-order valence-electron chi connectivity index (χ2n) is 3.51. The molecule has 1 rings (SSSR count). The van der Waals surface area contributed by atoms with Crippen LogP contribution in [0.4, 0.5) is 0 Å². The molecule has 0 saturated heterocycles. The van der Waals surface area contributed by atoms with Crippen LogP contribution < -0.4 is 10.6 Å². The summed E-state index contributed by atoms with van der Waals surface area (Å²) in [5.74, 6) is 0.0842. The van der Waals surface area contributed by atoms with Gasteiger partial charge in [0.15, 0.2) is 0 Å². The Morgan fingerprint density at radius 3 is 2.94 bits per heavy atom. The third-order valence-electron chi connectivity index (χ3n) is 2.16. The predicted octanol–water partition coefficient (Wildman–Crippen LogP) is 2.06. The van der Waals surface area contributed by atoms with Gasteiger partial charge in [0.2, 0.25) is 5.91 Å². The van der Waals surface area contributed by atoms with Gasteiger partial charge in [-0.1, -0.05) is 35.0 Å². The van der Waals surface area contributed by atoms with E-state index in [-0.39, 0.29) is 5.91 Å². The van der Waals surface area contributed by atoms with E-state index in [0.29, 0.717) is 13.0 Å². The monoisotopic (exact) mass is 284 g/mol. The lowest BCUT2D eigenvalue weighted by atomic mass is 10.2. The van der Waals surface area contributed by atoms with Gasteiger partial charge in [-0.3, -0.25) is 4.79 Å². The average molecular weight is 285 g/mol. The zero-order valence-corrected chi connectivity index (χ0v) is 11.0. The number of amides is 1. The van der Waals surface area contributed by atoms with Crippen molar-refractivity contribution in [3.63, 3.8) is 0 Å². The highest BCUT2D eigenvalue weighted by atomic mass is 79.9. The largest absolute Gasteiger partial charge is 0.352 e. The van der Waals surface area contributed by atoms with E-state index in [1.807, 2.05) is 31.2 Å². The lowest BCUT2D eigenvalue weighted by molar-refractivity contribution is -0.121. The molecule has 0 atom stereocenters. The molecule has 0 fully saturated rings. The Labute approximate surface area is 105 Å². The summed E-state index contributed by atoms with van der Waals surface area (Å²) in [4.78, 5) is 11.4. The highest BCUT2D eigenvalue weighted by Crippen LogP contribution is 2.11. The van der Waals surface area contributed by atoms with Crippen molar-refractivity contribution in [3.05, 3.63) is 34.3 Å². The first-order valence-electron chi connectivity index (χ1n) is 5.44. The molecule has 1 aromatic rings. The van der Waals surface area contributed by atoms with E-state index in [9.17, 15) is 4.79 Å². The maximum atomic E-state index is 11.4. The molecule has 0 radical (unpaired) electrons. The van der Waals surface area contributed by atoms with Crippen LogP contribution in [0.5, 0.6) is 0 Å². The van der Waals surface area contributed by atoms with Gasteiger partial charge in [-0.15, -0.1) is 0 Å². The van der Waals surface area contributed by atoms with E-state index >= 15 is 0 Å². The van der Waals surface area contributed by atoms with Gasteiger partial charge in [0, 0.05) is 24.0 Å². The molecule has 0 saturated carbocycles. The Kier molecular flexibility index (Phi) is 6.11. The SMILES string of the molecule is CCNCCC(=O)NCc1cccc(Br)c1. The smallest absolute Gasteiger partial charge is 0.221 e. The van der Waals surface area contributed by atoms with Crippen molar-refractivity contribution in [1.82, 2.24) is 10.6 Å². The Hall–Kier alpha value is -0.870. The standard InChI is InChI=1S/C12H17BrN2O/c1-2-14-7-6-12(16)15-9-10-4-3-5-11(13)8-10/h3-5,8,14H,2,6-7,9H2,1H3,(H,15,16). The Bertz CT molecular complexity index is 342. The minimum absolute atomic E-state index is 0.0842. The molecule has 16 heavy (non-hydrogen) atoms. The van der Waals surface area contributed by atoms with Crippen LogP contribution in [-0.4, -0.2) is 19.0 Å². The molecule has 0 bridgehead atoms. The molecule has 88 valence electrons. The summed E-state index contributed by atoms with van der Waals surface area (Å²) in [7, 11) is 0. The summed E-state index contributed by atoms with van der Waals surface area (Å²) in [5, 5.41) is 6.00. The fraction of sp³-hybridized carbons (Fsp3) is 0.417. The number of carbonyl (C=O) groups excluding carboxylic acids is 1. The molecule has 3 nitrogen and oxygen atoms in total. The van der Waals surface area contributed by atoms with Crippen LogP contribution in [-0.2, 0) is 11.3 Å². The fourth-order valence-corrected chi connectivity index (χ4v) is 1.76. The number of hydrogen-bond acceptors (Lipinski definition) is 2. The summed E-state index contributed by atoms with van der Waals surface area (Å²) in [6, 6.07) is 7.93. The second kappa shape index (κ2) is 7.41. The van der Waals surface area contributed by atoms with E-state index in [2.05, 4.69) is 26.6 Å². The average Bonchev–Trinajstić information content (AvgIpc) is 2.27. The van der Waals surface area contributed by atoms with E-state index in [1.165, 1.54) is 0 Å². The van der Waals surface area contributed by atoms with Gasteiger partial charge in [-0.25, -0.2) is 0 Å². The molecule has 1 amide bonds. The molecule has 0 heterocycles. The minimum atomic E-state index is 0.0842. The molecule has 0 unspecified atom stereocenters. The van der Waals surface area contributed by atoms with Gasteiger partial charge in [-0.2, -0.15) is 0 Å². The van der Waals surface area contributed by atoms with Gasteiger partial charge in [0.1, 0.15) is 0 Å². The second-order valence-corrected chi connectivity index (χ2v) is 4.43. The first-order valence-corrected chi connectivity index (χ1v) is 6.23. The van der Waals surface area contributed by atoms with Gasteiger partial charge in [0.25, 0.3) is 0 Å². The molecule has 0 aliphatic heterocycles. The molecule has 0 aliphatic rings. The Morgan fingerprint density at radius 2 is 2.25 bits per heavy atom. The third kappa shape index (κ3) is 5.28. The van der Waals surface area contributed by atoms with Gasteiger partial charge < -0.3 is 10.6 Å². The van der Waals surface area contributed by atoms with Gasteiger partial charge in [-0.05, 0) is 24.2 Å². The van der Waals surface area contributed by atoms with Crippen LogP contribution in [0.3, 0.4) is 0 Å². The molecule has 2 N–H and O–H groups in total. The zero-order valence-electron chi connectivity index (χ0n) is 9.42. The summed E-state index contributed by atoms with van der Waals surface area (Å²) in [6.07, 6.45) is 0.530. The van der Waals surface area contributed by atoms with Crippen LogP contribution in [0.1, 0.15) is 18.9 Å².